The number of aromatic nitrogens is 5. The van der Waals surface area contributed by atoms with Gasteiger partial charge in [-0.05, 0) is 50.2 Å². The Hall–Kier alpha value is -3.79. The first-order chi connectivity index (χ1) is 15.1. The Morgan fingerprint density at radius 1 is 1.16 bits per heavy atom. The highest BCUT2D eigenvalue weighted by Crippen LogP contribution is 2.25. The van der Waals surface area contributed by atoms with Gasteiger partial charge in [0.1, 0.15) is 11.5 Å². The molecule has 0 saturated carbocycles. The number of nitrogens with zero attached hydrogens (tertiary/aromatic N) is 5. The molecule has 10 heteroatoms. The van der Waals surface area contributed by atoms with Crippen molar-refractivity contribution in [2.75, 3.05) is 19.0 Å². The van der Waals surface area contributed by atoms with Crippen molar-refractivity contribution in [1.29, 1.82) is 0 Å². The van der Waals surface area contributed by atoms with E-state index < -0.39 is 0 Å². The minimum Gasteiger partial charge on any atom is -0.496 e. The molecule has 2 aromatic carbocycles. The van der Waals surface area contributed by atoms with Gasteiger partial charge >= 0.3 is 0 Å². The molecule has 0 unspecified atom stereocenters. The average molecular weight is 436 g/mol. The minimum atomic E-state index is -0.324. The van der Waals surface area contributed by atoms with E-state index in [1.54, 1.807) is 28.9 Å². The van der Waals surface area contributed by atoms with Crippen LogP contribution in [0.1, 0.15) is 23.0 Å². The predicted octanol–water partition coefficient (Wildman–Crippen LogP) is 3.75. The number of benzene rings is 2. The number of nitrogens with one attached hydrogen (secondary N) is 1. The second-order valence-corrected chi connectivity index (χ2v) is 7.19. The van der Waals surface area contributed by atoms with Gasteiger partial charge in [0.05, 0.1) is 30.7 Å². The number of methoxy groups -OCH3 is 1. The molecule has 0 atom stereocenters. The van der Waals surface area contributed by atoms with E-state index in [1.165, 1.54) is 7.11 Å². The van der Waals surface area contributed by atoms with Gasteiger partial charge in [0.2, 0.25) is 5.13 Å². The smallest absolute Gasteiger partial charge is 0.261 e. The Balaban J connectivity index is 1.54. The third kappa shape index (κ3) is 4.24. The number of rotatable bonds is 7. The maximum atomic E-state index is 12.6. The molecule has 1 N–H and O–H groups in total. The summed E-state index contributed by atoms with van der Waals surface area (Å²) in [6.07, 6.45) is 0. The fraction of sp³-hybridized carbons (Fsp3) is 0.190. The predicted molar refractivity (Wildman–Crippen MR) is 117 cm³/mol. The molecule has 0 radical (unpaired) electrons. The Morgan fingerprint density at radius 3 is 2.68 bits per heavy atom. The van der Waals surface area contributed by atoms with Crippen molar-refractivity contribution >= 4 is 22.6 Å². The van der Waals surface area contributed by atoms with Gasteiger partial charge in [-0.25, -0.2) is 4.68 Å². The number of hydrogen-bond acceptors (Lipinski definition) is 8. The van der Waals surface area contributed by atoms with Gasteiger partial charge in [0, 0.05) is 11.5 Å². The Morgan fingerprint density at radius 2 is 1.94 bits per heavy atom. The van der Waals surface area contributed by atoms with Crippen LogP contribution >= 0.6 is 11.5 Å². The zero-order chi connectivity index (χ0) is 21.8. The number of para-hydroxylation sites is 1. The van der Waals surface area contributed by atoms with Gasteiger partial charge in [0.25, 0.3) is 5.91 Å². The van der Waals surface area contributed by atoms with Crippen molar-refractivity contribution in [2.45, 2.75) is 13.8 Å². The third-order valence-electron chi connectivity index (χ3n) is 4.50. The van der Waals surface area contributed by atoms with Crippen LogP contribution in [0.4, 0.5) is 5.13 Å². The standard InChI is InChI=1S/C21H20N6O3S/c1-4-30-15-11-9-14(10-12-15)27-13(2)18(24-26-27)19-22-21(31-25-19)23-20(28)16-7-5-6-8-17(16)29-3/h5-12H,4H2,1-3H3,(H,22,23,25,28). The number of anilines is 1. The van der Waals surface area contributed by atoms with E-state index in [9.17, 15) is 4.79 Å². The van der Waals surface area contributed by atoms with E-state index in [4.69, 9.17) is 9.47 Å². The van der Waals surface area contributed by atoms with E-state index in [0.717, 1.165) is 28.7 Å². The number of hydrogen-bond donors (Lipinski definition) is 1. The summed E-state index contributed by atoms with van der Waals surface area (Å²) >= 11 is 1.07. The summed E-state index contributed by atoms with van der Waals surface area (Å²) in [5, 5.41) is 11.6. The highest BCUT2D eigenvalue weighted by atomic mass is 32.1. The van der Waals surface area contributed by atoms with Crippen molar-refractivity contribution in [3.63, 3.8) is 0 Å². The van der Waals surface area contributed by atoms with Gasteiger partial charge < -0.3 is 9.47 Å². The normalized spacial score (nSPS) is 10.7. The van der Waals surface area contributed by atoms with Crippen LogP contribution in [0.25, 0.3) is 17.2 Å². The highest BCUT2D eigenvalue weighted by molar-refractivity contribution is 7.10. The molecular weight excluding hydrogens is 416 g/mol. The van der Waals surface area contributed by atoms with E-state index in [2.05, 4.69) is 25.0 Å². The molecule has 9 nitrogen and oxygen atoms in total. The lowest BCUT2D eigenvalue weighted by Crippen LogP contribution is -2.12. The Labute approximate surface area is 182 Å². The van der Waals surface area contributed by atoms with Crippen LogP contribution < -0.4 is 14.8 Å². The lowest BCUT2D eigenvalue weighted by Gasteiger charge is -2.06. The number of carbonyl (C=O) groups excluding carboxylic acids is 1. The van der Waals surface area contributed by atoms with Crippen LogP contribution in [-0.4, -0.2) is 44.0 Å². The molecular formula is C21H20N6O3S. The van der Waals surface area contributed by atoms with Crippen LogP contribution in [0.2, 0.25) is 0 Å². The van der Waals surface area contributed by atoms with Gasteiger partial charge in [-0.15, -0.1) is 5.10 Å². The quantitative estimate of drug-likeness (QED) is 0.470. The van der Waals surface area contributed by atoms with E-state index in [0.29, 0.717) is 34.6 Å². The first-order valence-electron chi connectivity index (χ1n) is 9.54. The largest absolute Gasteiger partial charge is 0.496 e. The van der Waals surface area contributed by atoms with E-state index >= 15 is 0 Å². The topological polar surface area (TPSA) is 104 Å². The highest BCUT2D eigenvalue weighted by Gasteiger charge is 2.19. The molecule has 0 spiro atoms. The lowest BCUT2D eigenvalue weighted by molar-refractivity contribution is 0.102. The third-order valence-corrected chi connectivity index (χ3v) is 5.13. The molecule has 4 aromatic rings. The maximum Gasteiger partial charge on any atom is 0.261 e. The van der Waals surface area contributed by atoms with Crippen LogP contribution in [0.3, 0.4) is 0 Å². The van der Waals surface area contributed by atoms with Crippen molar-refractivity contribution in [3.8, 4) is 28.7 Å². The summed E-state index contributed by atoms with van der Waals surface area (Å²) in [5.74, 6) is 1.35. The summed E-state index contributed by atoms with van der Waals surface area (Å²) in [6.45, 7) is 4.44. The zero-order valence-electron chi connectivity index (χ0n) is 17.2. The minimum absolute atomic E-state index is 0.324. The number of ether oxygens (including phenoxy) is 2. The Bertz CT molecular complexity index is 1200. The van der Waals surface area contributed by atoms with Crippen molar-refractivity contribution in [2.24, 2.45) is 0 Å². The molecule has 0 saturated heterocycles. The molecule has 4 rings (SSSR count). The van der Waals surface area contributed by atoms with Crippen LogP contribution in [0.5, 0.6) is 11.5 Å². The summed E-state index contributed by atoms with van der Waals surface area (Å²) in [5.41, 5.74) is 2.59. The maximum absolute atomic E-state index is 12.6. The number of amides is 1. The van der Waals surface area contributed by atoms with Crippen LogP contribution in [-0.2, 0) is 0 Å². The van der Waals surface area contributed by atoms with E-state index in [-0.39, 0.29) is 5.91 Å². The van der Waals surface area contributed by atoms with Gasteiger partial charge in [-0.1, -0.05) is 17.3 Å². The molecule has 0 aliphatic rings. The molecule has 1 amide bonds. The molecule has 158 valence electrons. The monoisotopic (exact) mass is 436 g/mol. The van der Waals surface area contributed by atoms with Crippen LogP contribution in [0, 0.1) is 6.92 Å². The van der Waals surface area contributed by atoms with Crippen molar-refractivity contribution in [1.82, 2.24) is 24.4 Å². The van der Waals surface area contributed by atoms with Gasteiger partial charge in [-0.3, -0.25) is 10.1 Å². The fourth-order valence-electron chi connectivity index (χ4n) is 3.00. The zero-order valence-corrected chi connectivity index (χ0v) is 18.0. The fourth-order valence-corrected chi connectivity index (χ4v) is 3.56. The van der Waals surface area contributed by atoms with Crippen molar-refractivity contribution in [3.05, 3.63) is 59.8 Å². The van der Waals surface area contributed by atoms with Gasteiger partial charge in [-0.2, -0.15) is 9.36 Å². The number of carbonyl (C=O) groups is 1. The second-order valence-electron chi connectivity index (χ2n) is 6.44. The first-order valence-corrected chi connectivity index (χ1v) is 10.3. The molecule has 2 heterocycles. The van der Waals surface area contributed by atoms with Gasteiger partial charge in [0.15, 0.2) is 11.5 Å². The molecule has 0 aliphatic heterocycles. The first kappa shape index (κ1) is 20.5. The summed E-state index contributed by atoms with van der Waals surface area (Å²) in [7, 11) is 1.52. The van der Waals surface area contributed by atoms with E-state index in [1.807, 2.05) is 38.1 Å². The molecule has 0 bridgehead atoms. The Kier molecular flexibility index (Phi) is 5.89. The SMILES string of the molecule is CCOc1ccc(-n2nnc(-c3nsc(NC(=O)c4ccccc4OC)n3)c2C)cc1. The molecule has 2 aromatic heterocycles. The second kappa shape index (κ2) is 8.92. The molecule has 0 fully saturated rings. The lowest BCUT2D eigenvalue weighted by atomic mass is 10.2. The average Bonchev–Trinajstić information content (AvgIpc) is 3.40. The summed E-state index contributed by atoms with van der Waals surface area (Å²) in [4.78, 5) is 17.0. The van der Waals surface area contributed by atoms with Crippen LogP contribution in [0.15, 0.2) is 48.5 Å². The summed E-state index contributed by atoms with van der Waals surface area (Å²) < 4.78 is 16.8. The molecule has 31 heavy (non-hydrogen) atoms. The molecule has 0 aliphatic carbocycles. The van der Waals surface area contributed by atoms with Crippen molar-refractivity contribution < 1.29 is 14.3 Å². The summed E-state index contributed by atoms with van der Waals surface area (Å²) in [6, 6.07) is 14.6.